The average Bonchev–Trinajstić information content (AvgIpc) is 2.68. The molecule has 0 atom stereocenters. The number of carbonyl (C=O) groups excluding carboxylic acids is 2. The molecule has 0 saturated carbocycles. The molecule has 28 heavy (non-hydrogen) atoms. The summed E-state index contributed by atoms with van der Waals surface area (Å²) in [6, 6.07) is 10.4. The van der Waals surface area contributed by atoms with Gasteiger partial charge in [-0.15, -0.1) is 0 Å². The zero-order valence-corrected chi connectivity index (χ0v) is 18.9. The van der Waals surface area contributed by atoms with Crippen LogP contribution in [0.4, 0.5) is 0 Å². The maximum atomic E-state index is 12.2. The van der Waals surface area contributed by atoms with Gasteiger partial charge in [0.05, 0.1) is 11.1 Å². The molecule has 0 aliphatic carbocycles. The molecule has 0 unspecified atom stereocenters. The normalized spacial score (nSPS) is 10.3. The fourth-order valence-electron chi connectivity index (χ4n) is 2.18. The van der Waals surface area contributed by atoms with Gasteiger partial charge in [-0.3, -0.25) is 20.4 Å². The van der Waals surface area contributed by atoms with Crippen molar-refractivity contribution in [2.45, 2.75) is 26.7 Å². The van der Waals surface area contributed by atoms with Gasteiger partial charge in [-0.25, -0.2) is 0 Å². The lowest BCUT2D eigenvalue weighted by Crippen LogP contribution is -2.43. The Morgan fingerprint density at radius 3 is 2.46 bits per heavy atom. The van der Waals surface area contributed by atoms with E-state index in [1.54, 1.807) is 24.3 Å². The summed E-state index contributed by atoms with van der Waals surface area (Å²) in [4.78, 5) is 24.1. The summed E-state index contributed by atoms with van der Waals surface area (Å²) in [5.41, 5.74) is 6.09. The molecule has 150 valence electrons. The first-order valence-electron chi connectivity index (χ1n) is 8.81. The Morgan fingerprint density at radius 2 is 1.79 bits per heavy atom. The molecule has 2 rings (SSSR count). The van der Waals surface area contributed by atoms with Crippen molar-refractivity contribution in [3.05, 3.63) is 56.5 Å². The van der Waals surface area contributed by atoms with Gasteiger partial charge in [0.2, 0.25) is 0 Å². The fourth-order valence-corrected chi connectivity index (χ4v) is 2.92. The Kier molecular flexibility index (Phi) is 8.79. The lowest BCUT2D eigenvalue weighted by Gasteiger charge is -2.11. The third-order valence-electron chi connectivity index (χ3n) is 3.76. The van der Waals surface area contributed by atoms with Crippen LogP contribution in [0.3, 0.4) is 0 Å². The fraction of sp³-hybridized carbons (Fsp3) is 0.300. The summed E-state index contributed by atoms with van der Waals surface area (Å²) in [5.74, 6) is 0.346. The van der Waals surface area contributed by atoms with Crippen LogP contribution in [0.5, 0.6) is 11.5 Å². The highest BCUT2D eigenvalue weighted by atomic mass is 79.9. The molecule has 6 nitrogen and oxygen atoms in total. The topological polar surface area (TPSA) is 76.7 Å². The van der Waals surface area contributed by atoms with Gasteiger partial charge in [0.25, 0.3) is 11.8 Å². The van der Waals surface area contributed by atoms with E-state index in [2.05, 4.69) is 49.6 Å². The summed E-state index contributed by atoms with van der Waals surface area (Å²) in [6.45, 7) is 4.42. The summed E-state index contributed by atoms with van der Waals surface area (Å²) in [6.07, 6.45) is 2.01. The van der Waals surface area contributed by atoms with Crippen LogP contribution in [0.15, 0.2) is 45.3 Å². The van der Waals surface area contributed by atoms with Crippen LogP contribution in [-0.2, 0) is 4.79 Å². The van der Waals surface area contributed by atoms with Gasteiger partial charge in [-0.2, -0.15) is 0 Å². The number of rotatable bonds is 8. The van der Waals surface area contributed by atoms with E-state index in [0.717, 1.165) is 22.9 Å². The van der Waals surface area contributed by atoms with Crippen LogP contribution in [0.1, 0.15) is 35.7 Å². The monoisotopic (exact) mass is 512 g/mol. The van der Waals surface area contributed by atoms with Crippen LogP contribution in [-0.4, -0.2) is 25.0 Å². The van der Waals surface area contributed by atoms with Gasteiger partial charge < -0.3 is 9.47 Å². The lowest BCUT2D eigenvalue weighted by molar-refractivity contribution is -0.123. The second-order valence-electron chi connectivity index (χ2n) is 6.05. The summed E-state index contributed by atoms with van der Waals surface area (Å²) >= 11 is 6.80. The second kappa shape index (κ2) is 11.1. The molecule has 0 aliphatic rings. The standard InChI is InChI=1S/C20H22Br2N2O4/c1-3-4-9-27-18-8-5-14(11-17(18)22)20(26)24-23-19(25)12-28-15-6-7-16(21)13(2)10-15/h5-8,10-11H,3-4,9,12H2,1-2H3,(H,23,25)(H,24,26). The minimum absolute atomic E-state index is 0.213. The predicted molar refractivity (Wildman–Crippen MR) is 115 cm³/mol. The third-order valence-corrected chi connectivity index (χ3v) is 5.27. The smallest absolute Gasteiger partial charge is 0.276 e. The van der Waals surface area contributed by atoms with Crippen molar-refractivity contribution in [1.82, 2.24) is 10.9 Å². The van der Waals surface area contributed by atoms with E-state index in [-0.39, 0.29) is 6.61 Å². The predicted octanol–water partition coefficient (Wildman–Crippen LogP) is 4.54. The first kappa shape index (κ1) is 22.2. The van der Waals surface area contributed by atoms with E-state index in [1.807, 2.05) is 19.1 Å². The molecule has 2 amide bonds. The number of amides is 2. The van der Waals surface area contributed by atoms with E-state index in [4.69, 9.17) is 9.47 Å². The quantitative estimate of drug-likeness (QED) is 0.401. The molecule has 0 aromatic heterocycles. The van der Waals surface area contributed by atoms with Crippen molar-refractivity contribution >= 4 is 43.7 Å². The maximum absolute atomic E-state index is 12.2. The molecule has 2 aromatic carbocycles. The lowest BCUT2D eigenvalue weighted by atomic mass is 10.2. The Morgan fingerprint density at radius 1 is 1.00 bits per heavy atom. The molecular weight excluding hydrogens is 492 g/mol. The van der Waals surface area contributed by atoms with Crippen molar-refractivity contribution in [3.8, 4) is 11.5 Å². The first-order chi connectivity index (χ1) is 13.4. The van der Waals surface area contributed by atoms with Gasteiger partial charge in [-0.05, 0) is 71.2 Å². The third kappa shape index (κ3) is 6.83. The Labute approximate surface area is 181 Å². The van der Waals surface area contributed by atoms with Gasteiger partial charge in [0, 0.05) is 10.0 Å². The molecule has 0 fully saturated rings. The average molecular weight is 514 g/mol. The Hall–Kier alpha value is -2.06. The first-order valence-corrected chi connectivity index (χ1v) is 10.4. The van der Waals surface area contributed by atoms with Crippen LogP contribution in [0, 0.1) is 6.92 Å². The summed E-state index contributed by atoms with van der Waals surface area (Å²) < 4.78 is 12.7. The number of hydrogen-bond acceptors (Lipinski definition) is 4. The van der Waals surface area contributed by atoms with Crippen LogP contribution < -0.4 is 20.3 Å². The largest absolute Gasteiger partial charge is 0.492 e. The van der Waals surface area contributed by atoms with Gasteiger partial charge in [0.1, 0.15) is 11.5 Å². The Balaban J connectivity index is 1.81. The van der Waals surface area contributed by atoms with Crippen molar-refractivity contribution in [2.75, 3.05) is 13.2 Å². The minimum Gasteiger partial charge on any atom is -0.492 e. The van der Waals surface area contributed by atoms with Crippen molar-refractivity contribution in [2.24, 2.45) is 0 Å². The molecular formula is C20H22Br2N2O4. The molecule has 0 spiro atoms. The van der Waals surface area contributed by atoms with E-state index in [1.165, 1.54) is 0 Å². The SMILES string of the molecule is CCCCOc1ccc(C(=O)NNC(=O)COc2ccc(Br)c(C)c2)cc1Br. The van der Waals surface area contributed by atoms with Crippen LogP contribution in [0.2, 0.25) is 0 Å². The number of carbonyl (C=O) groups is 2. The van der Waals surface area contributed by atoms with E-state index < -0.39 is 11.8 Å². The van der Waals surface area contributed by atoms with Gasteiger partial charge >= 0.3 is 0 Å². The number of aryl methyl sites for hydroxylation is 1. The molecule has 0 heterocycles. The number of benzene rings is 2. The number of halogens is 2. The van der Waals surface area contributed by atoms with Crippen molar-refractivity contribution in [1.29, 1.82) is 0 Å². The number of nitrogens with one attached hydrogen (secondary N) is 2. The maximum Gasteiger partial charge on any atom is 0.276 e. The van der Waals surface area contributed by atoms with E-state index in [0.29, 0.717) is 28.1 Å². The molecule has 8 heteroatoms. The van der Waals surface area contributed by atoms with E-state index in [9.17, 15) is 9.59 Å². The van der Waals surface area contributed by atoms with Gasteiger partial charge in [0.15, 0.2) is 6.61 Å². The van der Waals surface area contributed by atoms with Crippen molar-refractivity contribution in [3.63, 3.8) is 0 Å². The molecule has 2 N–H and O–H groups in total. The molecule has 2 aromatic rings. The highest BCUT2D eigenvalue weighted by molar-refractivity contribution is 9.10. The van der Waals surface area contributed by atoms with E-state index >= 15 is 0 Å². The van der Waals surface area contributed by atoms with Crippen LogP contribution in [0.25, 0.3) is 0 Å². The number of hydrazine groups is 1. The summed E-state index contributed by atoms with van der Waals surface area (Å²) in [7, 11) is 0. The number of hydrogen-bond donors (Lipinski definition) is 2. The second-order valence-corrected chi connectivity index (χ2v) is 7.76. The highest BCUT2D eigenvalue weighted by Gasteiger charge is 2.11. The van der Waals surface area contributed by atoms with Crippen LogP contribution >= 0.6 is 31.9 Å². The highest BCUT2D eigenvalue weighted by Crippen LogP contribution is 2.26. The number of ether oxygens (including phenoxy) is 2. The van der Waals surface area contributed by atoms with Gasteiger partial charge in [-0.1, -0.05) is 29.3 Å². The molecule has 0 saturated heterocycles. The molecule has 0 aliphatic heterocycles. The number of unbranched alkanes of at least 4 members (excludes halogenated alkanes) is 1. The molecule has 0 bridgehead atoms. The Bertz CT molecular complexity index is 843. The molecule has 0 radical (unpaired) electrons. The van der Waals surface area contributed by atoms with Crippen molar-refractivity contribution < 1.29 is 19.1 Å². The minimum atomic E-state index is -0.465. The zero-order chi connectivity index (χ0) is 20.5. The summed E-state index contributed by atoms with van der Waals surface area (Å²) in [5, 5.41) is 0. The zero-order valence-electron chi connectivity index (χ0n) is 15.7.